The van der Waals surface area contributed by atoms with Crippen LogP contribution in [-0.4, -0.2) is 37.1 Å². The summed E-state index contributed by atoms with van der Waals surface area (Å²) in [7, 11) is 0. The van der Waals surface area contributed by atoms with Gasteiger partial charge < -0.3 is 14.9 Å². The van der Waals surface area contributed by atoms with E-state index in [1.807, 2.05) is 4.57 Å². The predicted molar refractivity (Wildman–Crippen MR) is 66.8 cm³/mol. The highest BCUT2D eigenvalue weighted by Crippen LogP contribution is 2.17. The van der Waals surface area contributed by atoms with Crippen LogP contribution in [0, 0.1) is 0 Å². The van der Waals surface area contributed by atoms with Gasteiger partial charge in [-0.3, -0.25) is 4.79 Å². The second kappa shape index (κ2) is 4.65. The number of hydrogen-bond donors (Lipinski definition) is 2. The van der Waals surface area contributed by atoms with Crippen molar-refractivity contribution in [2.24, 2.45) is 5.84 Å². The fourth-order valence-corrected chi connectivity index (χ4v) is 2.10. The molecule has 0 fully saturated rings. The second-order valence-electron chi connectivity index (χ2n) is 4.21. The number of nitrogens with two attached hydrogens (primary N) is 1. The highest BCUT2D eigenvalue weighted by molar-refractivity contribution is 5.98. The van der Waals surface area contributed by atoms with Crippen molar-refractivity contribution >= 4 is 11.7 Å². The topological polar surface area (TPSA) is 102 Å². The molecule has 3 heterocycles. The molecule has 2 aromatic rings. The van der Waals surface area contributed by atoms with Crippen molar-refractivity contribution in [1.29, 1.82) is 0 Å². The highest BCUT2D eigenvalue weighted by atomic mass is 16.2. The van der Waals surface area contributed by atoms with Crippen LogP contribution in [0.15, 0.2) is 24.7 Å². The van der Waals surface area contributed by atoms with E-state index in [2.05, 4.69) is 20.6 Å². The Hall–Kier alpha value is -2.48. The van der Waals surface area contributed by atoms with Gasteiger partial charge in [0.05, 0.1) is 12.1 Å². The number of hydrogen-bond acceptors (Lipinski definition) is 6. The zero-order valence-corrected chi connectivity index (χ0v) is 10.2. The Kier molecular flexibility index (Phi) is 2.84. The summed E-state index contributed by atoms with van der Waals surface area (Å²) in [4.78, 5) is 18.2. The molecule has 0 bridgehead atoms. The van der Waals surface area contributed by atoms with Crippen LogP contribution >= 0.6 is 0 Å². The third-order valence-electron chi connectivity index (χ3n) is 3.10. The van der Waals surface area contributed by atoms with Crippen molar-refractivity contribution in [3.05, 3.63) is 36.0 Å². The van der Waals surface area contributed by atoms with E-state index in [1.54, 1.807) is 29.6 Å². The van der Waals surface area contributed by atoms with Gasteiger partial charge in [-0.2, -0.15) is 0 Å². The summed E-state index contributed by atoms with van der Waals surface area (Å²) in [5.74, 6) is 6.41. The molecule has 0 saturated carbocycles. The number of carbonyl (C=O) groups is 1. The summed E-state index contributed by atoms with van der Waals surface area (Å²) in [6.45, 7) is 1.75. The maximum absolute atomic E-state index is 12.4. The van der Waals surface area contributed by atoms with Crippen LogP contribution < -0.4 is 11.3 Å². The summed E-state index contributed by atoms with van der Waals surface area (Å²) < 4.78 is 1.94. The summed E-state index contributed by atoms with van der Waals surface area (Å²) in [6, 6.07) is 3.41. The number of aromatic nitrogens is 4. The lowest BCUT2D eigenvalue weighted by Crippen LogP contribution is -2.38. The van der Waals surface area contributed by atoms with Crippen LogP contribution in [0.2, 0.25) is 0 Å². The molecule has 0 aromatic carbocycles. The third-order valence-corrected chi connectivity index (χ3v) is 3.10. The Morgan fingerprint density at radius 1 is 1.42 bits per heavy atom. The molecule has 2 aromatic heterocycles. The number of anilines is 1. The van der Waals surface area contributed by atoms with Gasteiger partial charge >= 0.3 is 0 Å². The molecular formula is C11H13N7O. The maximum Gasteiger partial charge on any atom is 0.258 e. The van der Waals surface area contributed by atoms with Crippen molar-refractivity contribution < 1.29 is 4.79 Å². The molecule has 0 spiro atoms. The van der Waals surface area contributed by atoms with Crippen LogP contribution in [0.3, 0.4) is 0 Å². The van der Waals surface area contributed by atoms with Crippen molar-refractivity contribution in [3.8, 4) is 0 Å². The number of rotatable bonds is 2. The maximum atomic E-state index is 12.4. The quantitative estimate of drug-likeness (QED) is 0.563. The van der Waals surface area contributed by atoms with Crippen LogP contribution in [0.4, 0.5) is 5.82 Å². The molecule has 0 atom stereocenters. The molecule has 0 radical (unpaired) electrons. The molecule has 8 nitrogen and oxygen atoms in total. The summed E-state index contributed by atoms with van der Waals surface area (Å²) >= 11 is 0. The minimum Gasteiger partial charge on any atom is -0.329 e. The average Bonchev–Trinajstić information content (AvgIpc) is 2.93. The summed E-state index contributed by atoms with van der Waals surface area (Å²) in [5, 5.41) is 7.82. The van der Waals surface area contributed by atoms with E-state index in [-0.39, 0.29) is 5.91 Å². The van der Waals surface area contributed by atoms with Gasteiger partial charge in [0.15, 0.2) is 11.6 Å². The molecular weight excluding hydrogens is 246 g/mol. The van der Waals surface area contributed by atoms with Crippen molar-refractivity contribution in [1.82, 2.24) is 24.6 Å². The molecule has 1 amide bonds. The van der Waals surface area contributed by atoms with Gasteiger partial charge in [-0.25, -0.2) is 10.8 Å². The molecule has 0 saturated heterocycles. The Morgan fingerprint density at radius 3 is 3.16 bits per heavy atom. The fourth-order valence-electron chi connectivity index (χ4n) is 2.10. The zero-order chi connectivity index (χ0) is 13.2. The second-order valence-corrected chi connectivity index (χ2v) is 4.21. The monoisotopic (exact) mass is 259 g/mol. The van der Waals surface area contributed by atoms with Crippen LogP contribution in [0.5, 0.6) is 0 Å². The number of nitrogens with zero attached hydrogens (tertiary/aromatic N) is 5. The highest BCUT2D eigenvalue weighted by Gasteiger charge is 2.24. The van der Waals surface area contributed by atoms with E-state index in [0.717, 1.165) is 5.82 Å². The molecule has 8 heteroatoms. The van der Waals surface area contributed by atoms with E-state index in [0.29, 0.717) is 31.0 Å². The lowest BCUT2D eigenvalue weighted by atomic mass is 10.2. The smallest absolute Gasteiger partial charge is 0.258 e. The number of nitrogens with one attached hydrogen (secondary N) is 1. The Balaban J connectivity index is 1.85. The zero-order valence-electron chi connectivity index (χ0n) is 10.2. The number of carbonyl (C=O) groups excluding carboxylic acids is 1. The molecule has 3 rings (SSSR count). The summed E-state index contributed by atoms with van der Waals surface area (Å²) in [5.41, 5.74) is 2.89. The Bertz CT molecular complexity index is 609. The molecule has 1 aliphatic rings. The molecule has 0 unspecified atom stereocenters. The first-order valence-electron chi connectivity index (χ1n) is 5.87. The number of amides is 1. The first kappa shape index (κ1) is 11.6. The molecule has 1 aliphatic heterocycles. The van der Waals surface area contributed by atoms with Gasteiger partial charge in [0, 0.05) is 19.3 Å². The average molecular weight is 259 g/mol. The summed E-state index contributed by atoms with van der Waals surface area (Å²) in [6.07, 6.45) is 3.26. The van der Waals surface area contributed by atoms with Crippen molar-refractivity contribution in [2.75, 3.05) is 12.0 Å². The molecule has 3 N–H and O–H groups in total. The van der Waals surface area contributed by atoms with Gasteiger partial charge in [0.2, 0.25) is 0 Å². The third kappa shape index (κ3) is 2.02. The minimum absolute atomic E-state index is 0.115. The largest absolute Gasteiger partial charge is 0.329 e. The van der Waals surface area contributed by atoms with Gasteiger partial charge in [-0.15, -0.1) is 10.2 Å². The normalized spacial score (nSPS) is 14.1. The molecule has 98 valence electrons. The first-order valence-corrected chi connectivity index (χ1v) is 5.87. The SMILES string of the molecule is NNc1ncccc1C(=O)N1CCn2cnnc2C1. The minimum atomic E-state index is -0.115. The van der Waals surface area contributed by atoms with E-state index < -0.39 is 0 Å². The van der Waals surface area contributed by atoms with Crippen molar-refractivity contribution in [2.45, 2.75) is 13.1 Å². The number of hydrazine groups is 1. The Morgan fingerprint density at radius 2 is 2.32 bits per heavy atom. The van der Waals surface area contributed by atoms with E-state index in [1.165, 1.54) is 0 Å². The van der Waals surface area contributed by atoms with Gasteiger partial charge in [-0.1, -0.05) is 0 Å². The van der Waals surface area contributed by atoms with Crippen LogP contribution in [0.25, 0.3) is 0 Å². The van der Waals surface area contributed by atoms with Crippen LogP contribution in [0.1, 0.15) is 16.2 Å². The lowest BCUT2D eigenvalue weighted by molar-refractivity contribution is 0.0708. The number of pyridine rings is 1. The van der Waals surface area contributed by atoms with Crippen LogP contribution in [-0.2, 0) is 13.1 Å². The van der Waals surface area contributed by atoms with Gasteiger partial charge in [-0.05, 0) is 12.1 Å². The molecule has 0 aliphatic carbocycles. The number of fused-ring (bicyclic) bond motifs is 1. The van der Waals surface area contributed by atoms with E-state index in [4.69, 9.17) is 5.84 Å². The van der Waals surface area contributed by atoms with Gasteiger partial charge in [0.1, 0.15) is 6.33 Å². The van der Waals surface area contributed by atoms with E-state index >= 15 is 0 Å². The van der Waals surface area contributed by atoms with E-state index in [9.17, 15) is 4.79 Å². The number of nitrogen functional groups attached to an aromatic ring is 1. The first-order chi connectivity index (χ1) is 9.29. The fraction of sp³-hybridized carbons (Fsp3) is 0.273. The van der Waals surface area contributed by atoms with Gasteiger partial charge in [0.25, 0.3) is 5.91 Å². The predicted octanol–water partition coefficient (Wildman–Crippen LogP) is -0.385. The van der Waals surface area contributed by atoms with Crippen molar-refractivity contribution in [3.63, 3.8) is 0 Å². The lowest BCUT2D eigenvalue weighted by Gasteiger charge is -2.27. The molecule has 19 heavy (non-hydrogen) atoms. The Labute approximate surface area is 109 Å². The standard InChI is InChI=1S/C11H13N7O/c12-15-10-8(2-1-3-13-10)11(19)17-4-5-18-7-14-16-9(18)6-17/h1-3,7H,4-6,12H2,(H,13,15).